The van der Waals surface area contributed by atoms with Gasteiger partial charge in [0.2, 0.25) is 0 Å². The van der Waals surface area contributed by atoms with Crippen molar-refractivity contribution >= 4 is 0 Å². The number of nitrogens with one attached hydrogen (secondary N) is 1. The lowest BCUT2D eigenvalue weighted by Gasteiger charge is -2.37. The van der Waals surface area contributed by atoms with Gasteiger partial charge in [-0.1, -0.05) is 0 Å². The highest BCUT2D eigenvalue weighted by atomic mass is 19.1. The monoisotopic (exact) mass is 253 g/mol. The summed E-state index contributed by atoms with van der Waals surface area (Å²) in [5.74, 6) is 0.314. The van der Waals surface area contributed by atoms with Crippen LogP contribution in [0.25, 0.3) is 0 Å². The first-order valence-electron chi connectivity index (χ1n) is 6.33. The van der Waals surface area contributed by atoms with Crippen molar-refractivity contribution in [3.05, 3.63) is 29.6 Å². The topological polar surface area (TPSA) is 41.5 Å². The van der Waals surface area contributed by atoms with Crippen molar-refractivity contribution in [3.8, 4) is 5.75 Å². The van der Waals surface area contributed by atoms with Crippen LogP contribution in [0.1, 0.15) is 25.3 Å². The minimum absolute atomic E-state index is 0.120. The zero-order valence-electron chi connectivity index (χ0n) is 10.9. The van der Waals surface area contributed by atoms with Crippen molar-refractivity contribution in [2.75, 3.05) is 20.2 Å². The van der Waals surface area contributed by atoms with E-state index in [4.69, 9.17) is 4.74 Å². The van der Waals surface area contributed by atoms with E-state index >= 15 is 0 Å². The van der Waals surface area contributed by atoms with Gasteiger partial charge in [0.25, 0.3) is 0 Å². The summed E-state index contributed by atoms with van der Waals surface area (Å²) >= 11 is 0. The van der Waals surface area contributed by atoms with Crippen LogP contribution in [0.15, 0.2) is 18.2 Å². The Morgan fingerprint density at radius 1 is 1.39 bits per heavy atom. The van der Waals surface area contributed by atoms with Crippen LogP contribution in [0.2, 0.25) is 0 Å². The van der Waals surface area contributed by atoms with E-state index in [0.29, 0.717) is 11.3 Å². The van der Waals surface area contributed by atoms with Gasteiger partial charge in [0.15, 0.2) is 0 Å². The Morgan fingerprint density at radius 2 is 2.06 bits per heavy atom. The summed E-state index contributed by atoms with van der Waals surface area (Å²) in [4.78, 5) is 0. The highest BCUT2D eigenvalue weighted by Crippen LogP contribution is 2.39. The Hall–Kier alpha value is -1.13. The molecule has 4 heteroatoms. The fourth-order valence-corrected chi connectivity index (χ4v) is 2.68. The number of benzene rings is 1. The molecule has 0 bridgehead atoms. The van der Waals surface area contributed by atoms with Crippen LogP contribution < -0.4 is 10.1 Å². The molecule has 3 nitrogen and oxygen atoms in total. The van der Waals surface area contributed by atoms with Gasteiger partial charge in [-0.2, -0.15) is 0 Å². The van der Waals surface area contributed by atoms with E-state index in [0.717, 1.165) is 25.9 Å². The Kier molecular flexibility index (Phi) is 3.88. The standard InChI is InChI=1S/C14H20FNO2/c1-14(17,10-5-7-16-8-6-10)12-9-11(15)3-4-13(12)18-2/h3-4,9-10,16-17H,5-8H2,1-2H3. The van der Waals surface area contributed by atoms with E-state index in [1.807, 2.05) is 0 Å². The summed E-state index contributed by atoms with van der Waals surface area (Å²) in [6.07, 6.45) is 1.76. The second-order valence-corrected chi connectivity index (χ2v) is 5.02. The second-order valence-electron chi connectivity index (χ2n) is 5.02. The first kappa shape index (κ1) is 13.3. The molecule has 0 saturated carbocycles. The second kappa shape index (κ2) is 5.24. The molecule has 100 valence electrons. The highest BCUT2D eigenvalue weighted by Gasteiger charge is 2.36. The van der Waals surface area contributed by atoms with Crippen LogP contribution in [0.3, 0.4) is 0 Å². The summed E-state index contributed by atoms with van der Waals surface area (Å²) < 4.78 is 18.6. The summed E-state index contributed by atoms with van der Waals surface area (Å²) in [6, 6.07) is 4.29. The van der Waals surface area contributed by atoms with Gasteiger partial charge < -0.3 is 15.2 Å². The SMILES string of the molecule is COc1ccc(F)cc1C(C)(O)C1CCNCC1. The third-order valence-corrected chi connectivity index (χ3v) is 3.84. The summed E-state index contributed by atoms with van der Waals surface area (Å²) in [7, 11) is 1.54. The molecule has 1 saturated heterocycles. The number of aliphatic hydroxyl groups is 1. The number of piperidine rings is 1. The van der Waals surface area contributed by atoms with Crippen molar-refractivity contribution in [1.29, 1.82) is 0 Å². The highest BCUT2D eigenvalue weighted by molar-refractivity contribution is 5.38. The quantitative estimate of drug-likeness (QED) is 0.866. The molecular weight excluding hydrogens is 233 g/mol. The van der Waals surface area contributed by atoms with Crippen LogP contribution in [-0.2, 0) is 5.60 Å². The van der Waals surface area contributed by atoms with Gasteiger partial charge >= 0.3 is 0 Å². The molecule has 1 aliphatic rings. The van der Waals surface area contributed by atoms with Crippen molar-refractivity contribution in [3.63, 3.8) is 0 Å². The van der Waals surface area contributed by atoms with Crippen molar-refractivity contribution in [1.82, 2.24) is 5.32 Å². The minimum atomic E-state index is -1.06. The Morgan fingerprint density at radius 3 is 2.67 bits per heavy atom. The molecule has 1 unspecified atom stereocenters. The Balaban J connectivity index is 2.35. The number of ether oxygens (including phenoxy) is 1. The van der Waals surface area contributed by atoms with Gasteiger partial charge in [-0.15, -0.1) is 0 Å². The van der Waals surface area contributed by atoms with Crippen LogP contribution in [0.5, 0.6) is 5.75 Å². The summed E-state index contributed by atoms with van der Waals surface area (Å²) in [6.45, 7) is 3.52. The molecule has 1 aliphatic heterocycles. The maximum atomic E-state index is 13.4. The average Bonchev–Trinajstić information content (AvgIpc) is 2.39. The van der Waals surface area contributed by atoms with Gasteiger partial charge in [0.1, 0.15) is 11.6 Å². The molecule has 18 heavy (non-hydrogen) atoms. The molecule has 0 amide bonds. The molecule has 0 aliphatic carbocycles. The number of methoxy groups -OCH3 is 1. The van der Waals surface area contributed by atoms with Gasteiger partial charge in [-0.3, -0.25) is 0 Å². The molecule has 0 radical (unpaired) electrons. The Labute approximate surface area is 107 Å². The van der Waals surface area contributed by atoms with Crippen LogP contribution in [-0.4, -0.2) is 25.3 Å². The fraction of sp³-hybridized carbons (Fsp3) is 0.571. The van der Waals surface area contributed by atoms with Crippen LogP contribution in [0.4, 0.5) is 4.39 Å². The van der Waals surface area contributed by atoms with Crippen molar-refractivity contribution in [2.24, 2.45) is 5.92 Å². The maximum absolute atomic E-state index is 13.4. The van der Waals surface area contributed by atoms with Gasteiger partial charge in [-0.05, 0) is 57.0 Å². The van der Waals surface area contributed by atoms with E-state index in [1.165, 1.54) is 19.2 Å². The largest absolute Gasteiger partial charge is 0.496 e. The fourth-order valence-electron chi connectivity index (χ4n) is 2.68. The van der Waals surface area contributed by atoms with E-state index in [2.05, 4.69) is 5.32 Å². The maximum Gasteiger partial charge on any atom is 0.125 e. The van der Waals surface area contributed by atoms with E-state index in [1.54, 1.807) is 13.0 Å². The molecule has 2 rings (SSSR count). The van der Waals surface area contributed by atoms with Crippen LogP contribution in [0, 0.1) is 11.7 Å². The predicted octanol–water partition coefficient (Wildman–Crippen LogP) is 2.04. The molecule has 1 aromatic rings. The lowest BCUT2D eigenvalue weighted by atomic mass is 9.77. The summed E-state index contributed by atoms with van der Waals surface area (Å²) in [5, 5.41) is 14.0. The average molecular weight is 253 g/mol. The first-order chi connectivity index (χ1) is 8.55. The Bertz CT molecular complexity index is 414. The zero-order valence-corrected chi connectivity index (χ0v) is 10.9. The molecule has 0 aromatic heterocycles. The van der Waals surface area contributed by atoms with Gasteiger partial charge in [0, 0.05) is 5.56 Å². The molecule has 1 fully saturated rings. The number of halogens is 1. The number of hydrogen-bond acceptors (Lipinski definition) is 3. The lowest BCUT2D eigenvalue weighted by Crippen LogP contribution is -2.40. The predicted molar refractivity (Wildman–Crippen MR) is 68.1 cm³/mol. The molecule has 1 aromatic carbocycles. The molecule has 0 spiro atoms. The summed E-state index contributed by atoms with van der Waals surface area (Å²) in [5.41, 5.74) is -0.521. The zero-order chi connectivity index (χ0) is 13.2. The smallest absolute Gasteiger partial charge is 0.125 e. The minimum Gasteiger partial charge on any atom is -0.496 e. The normalized spacial score (nSPS) is 20.4. The van der Waals surface area contributed by atoms with Crippen LogP contribution >= 0.6 is 0 Å². The van der Waals surface area contributed by atoms with Gasteiger partial charge in [0.05, 0.1) is 12.7 Å². The van der Waals surface area contributed by atoms with E-state index < -0.39 is 5.60 Å². The van der Waals surface area contributed by atoms with Gasteiger partial charge in [-0.25, -0.2) is 4.39 Å². The number of rotatable bonds is 3. The van der Waals surface area contributed by atoms with E-state index in [9.17, 15) is 9.50 Å². The third kappa shape index (κ3) is 2.49. The third-order valence-electron chi connectivity index (χ3n) is 3.84. The van der Waals surface area contributed by atoms with E-state index in [-0.39, 0.29) is 11.7 Å². The van der Waals surface area contributed by atoms with Crippen molar-refractivity contribution in [2.45, 2.75) is 25.4 Å². The lowest BCUT2D eigenvalue weighted by molar-refractivity contribution is -0.0206. The molecule has 2 N–H and O–H groups in total. The first-order valence-corrected chi connectivity index (χ1v) is 6.33. The molecular formula is C14H20FNO2. The molecule has 1 atom stereocenters. The number of hydrogen-bond donors (Lipinski definition) is 2. The van der Waals surface area contributed by atoms with Crippen molar-refractivity contribution < 1.29 is 14.2 Å². The molecule has 1 heterocycles.